The van der Waals surface area contributed by atoms with Gasteiger partial charge in [0.15, 0.2) is 0 Å². The molecule has 0 saturated heterocycles. The van der Waals surface area contributed by atoms with E-state index < -0.39 is 0 Å². The Kier molecular flexibility index (Phi) is 5.52. The van der Waals surface area contributed by atoms with Gasteiger partial charge >= 0.3 is 0 Å². The van der Waals surface area contributed by atoms with Crippen LogP contribution in [0.2, 0.25) is 0 Å². The second-order valence-corrected chi connectivity index (χ2v) is 5.86. The summed E-state index contributed by atoms with van der Waals surface area (Å²) in [6.07, 6.45) is 4.45. The Labute approximate surface area is 159 Å². The maximum Gasteiger partial charge on any atom is 0.261 e. The lowest BCUT2D eigenvalue weighted by Crippen LogP contribution is -3.00. The summed E-state index contributed by atoms with van der Waals surface area (Å²) in [6, 6.07) is 31.5. The molecule has 0 atom stereocenters. The normalized spacial score (nSPS) is 13.5. The molecule has 0 N–H and O–H groups in total. The molecular weight excluding hydrogens is 372 g/mol. The maximum absolute atomic E-state index is 3.28. The van der Waals surface area contributed by atoms with Crippen molar-refractivity contribution >= 4 is 11.1 Å². The summed E-state index contributed by atoms with van der Waals surface area (Å²) in [5.74, 6) is 1.13. The van der Waals surface area contributed by atoms with Crippen molar-refractivity contribution in [1.82, 2.24) is 0 Å². The topological polar surface area (TPSA) is 2.70 Å². The van der Waals surface area contributed by atoms with Crippen LogP contribution in [0.15, 0.2) is 103 Å². The van der Waals surface area contributed by atoms with E-state index in [1.165, 1.54) is 22.3 Å². The first-order valence-corrected chi connectivity index (χ1v) is 8.18. The lowest BCUT2D eigenvalue weighted by molar-refractivity contribution is -0.00000509. The van der Waals surface area contributed by atoms with Crippen LogP contribution in [-0.2, 0) is 4.37 Å². The van der Waals surface area contributed by atoms with E-state index >= 15 is 0 Å². The van der Waals surface area contributed by atoms with Crippen LogP contribution < -0.4 is 17.0 Å². The number of rotatable bonds is 3. The van der Waals surface area contributed by atoms with Gasteiger partial charge in [0.05, 0.1) is 5.57 Å². The van der Waals surface area contributed by atoms with Crippen molar-refractivity contribution in [1.29, 1.82) is 0 Å². The zero-order chi connectivity index (χ0) is 16.2. The summed E-state index contributed by atoms with van der Waals surface area (Å²) >= 11 is 0. The molecule has 0 aromatic heterocycles. The minimum absolute atomic E-state index is 0. The molecule has 1 aliphatic rings. The van der Waals surface area contributed by atoms with Crippen LogP contribution >= 0.6 is 0 Å². The van der Waals surface area contributed by atoms with Crippen LogP contribution in [-0.4, -0.2) is 6.61 Å². The number of hydrogen-bond donors (Lipinski definition) is 0. The van der Waals surface area contributed by atoms with Gasteiger partial charge in [0.25, 0.3) is 5.75 Å². The molecule has 124 valence electrons. The van der Waals surface area contributed by atoms with Crippen LogP contribution in [0.1, 0.15) is 11.1 Å². The number of allylic oxidation sites excluding steroid dienone is 2. The van der Waals surface area contributed by atoms with E-state index in [9.17, 15) is 0 Å². The van der Waals surface area contributed by atoms with Crippen molar-refractivity contribution in [3.05, 3.63) is 114 Å². The fourth-order valence-corrected chi connectivity index (χ4v) is 2.97. The average Bonchev–Trinajstić information content (AvgIpc) is 2.70. The molecule has 25 heavy (non-hydrogen) atoms. The Bertz CT molecular complexity index is 868. The van der Waals surface area contributed by atoms with Gasteiger partial charge in [-0.25, -0.2) is 0 Å². The van der Waals surface area contributed by atoms with Crippen LogP contribution in [0.4, 0.5) is 0 Å². The monoisotopic (exact) mass is 390 g/mol. The van der Waals surface area contributed by atoms with Crippen molar-refractivity contribution < 1.29 is 21.3 Å². The van der Waals surface area contributed by atoms with Crippen molar-refractivity contribution in [3.8, 4) is 5.75 Å². The van der Waals surface area contributed by atoms with E-state index in [4.69, 9.17) is 0 Å². The fourth-order valence-electron chi connectivity index (χ4n) is 2.97. The predicted octanol–water partition coefficient (Wildman–Crippen LogP) is 3.09. The van der Waals surface area contributed by atoms with Crippen LogP contribution in [0.5, 0.6) is 5.75 Å². The first-order chi connectivity index (χ1) is 11.9. The largest absolute Gasteiger partial charge is 1.00 e. The third-order valence-electron chi connectivity index (χ3n) is 4.21. The summed E-state index contributed by atoms with van der Waals surface area (Å²) in [7, 11) is 0. The molecule has 0 fully saturated rings. The maximum atomic E-state index is 3.28. The van der Waals surface area contributed by atoms with Gasteiger partial charge < -0.3 is 21.3 Å². The van der Waals surface area contributed by atoms with Gasteiger partial charge in [-0.3, -0.25) is 0 Å². The van der Waals surface area contributed by atoms with Gasteiger partial charge in [0.1, 0.15) is 0 Å². The first-order valence-electron chi connectivity index (χ1n) is 8.18. The van der Waals surface area contributed by atoms with Crippen LogP contribution in [0.25, 0.3) is 11.1 Å². The second kappa shape index (κ2) is 8.00. The lowest BCUT2D eigenvalue weighted by atomic mass is 9.98. The molecule has 0 bridgehead atoms. The molecule has 0 radical (unpaired) electrons. The zero-order valence-electron chi connectivity index (χ0n) is 13.8. The third-order valence-corrected chi connectivity index (χ3v) is 4.21. The first kappa shape index (κ1) is 17.2. The third kappa shape index (κ3) is 3.92. The van der Waals surface area contributed by atoms with Crippen molar-refractivity contribution in [3.63, 3.8) is 0 Å². The summed E-state index contributed by atoms with van der Waals surface area (Å²) in [5, 5.41) is 0. The lowest BCUT2D eigenvalue weighted by Gasteiger charge is -2.25. The number of hydrogen-bond acceptors (Lipinski definition) is 0. The average molecular weight is 391 g/mol. The quantitative estimate of drug-likeness (QED) is 0.604. The van der Waals surface area contributed by atoms with E-state index in [-0.39, 0.29) is 17.0 Å². The molecule has 0 aliphatic carbocycles. The highest BCUT2D eigenvalue weighted by Gasteiger charge is 2.21. The summed E-state index contributed by atoms with van der Waals surface area (Å²) in [5.41, 5.74) is 4.98. The highest BCUT2D eigenvalue weighted by atomic mass is 79.9. The summed E-state index contributed by atoms with van der Waals surface area (Å²) in [6.45, 7) is 0.796. The Morgan fingerprint density at radius 1 is 0.600 bits per heavy atom. The number of halogens is 1. The van der Waals surface area contributed by atoms with Crippen LogP contribution in [0, 0.1) is 0 Å². The molecule has 1 aliphatic heterocycles. The highest BCUT2D eigenvalue weighted by Crippen LogP contribution is 2.36. The smallest absolute Gasteiger partial charge is 0.261 e. The van der Waals surface area contributed by atoms with E-state index in [0.717, 1.165) is 12.4 Å². The number of benzene rings is 3. The summed E-state index contributed by atoms with van der Waals surface area (Å²) < 4.78 is 3.28. The van der Waals surface area contributed by atoms with Gasteiger partial charge in [0, 0.05) is 17.7 Å². The van der Waals surface area contributed by atoms with Gasteiger partial charge in [-0.15, -0.1) is 0 Å². The molecule has 2 heteroatoms. The van der Waals surface area contributed by atoms with Crippen molar-refractivity contribution in [2.75, 3.05) is 6.61 Å². The SMILES string of the molecule is C1=C(c2ccccc2)C=C(c2ccccc2)C[O+]1c1ccccc1.[Br-]. The van der Waals surface area contributed by atoms with Gasteiger partial charge in [-0.05, 0) is 17.2 Å². The highest BCUT2D eigenvalue weighted by molar-refractivity contribution is 5.85. The Balaban J connectivity index is 0.00000182. The fraction of sp³-hybridized carbons (Fsp3) is 0.0435. The van der Waals surface area contributed by atoms with E-state index in [2.05, 4.69) is 102 Å². The molecule has 1 nitrogen and oxygen atoms in total. The van der Waals surface area contributed by atoms with Gasteiger partial charge in [-0.2, -0.15) is 0 Å². The molecular formula is C23H19BrO. The van der Waals surface area contributed by atoms with Crippen molar-refractivity contribution in [2.24, 2.45) is 0 Å². The minimum Gasteiger partial charge on any atom is -1.00 e. The summed E-state index contributed by atoms with van der Waals surface area (Å²) in [4.78, 5) is 0. The molecule has 0 amide bonds. The molecule has 0 saturated carbocycles. The number of para-hydroxylation sites is 1. The Hall–Kier alpha value is -2.58. The van der Waals surface area contributed by atoms with Crippen molar-refractivity contribution in [2.45, 2.75) is 0 Å². The van der Waals surface area contributed by atoms with Crippen LogP contribution in [0.3, 0.4) is 0 Å². The zero-order valence-corrected chi connectivity index (χ0v) is 15.4. The molecule has 0 spiro atoms. The van der Waals surface area contributed by atoms with Gasteiger partial charge in [-0.1, -0.05) is 78.9 Å². The van der Waals surface area contributed by atoms with E-state index in [0.29, 0.717) is 0 Å². The molecule has 3 aromatic carbocycles. The van der Waals surface area contributed by atoms with E-state index in [1.54, 1.807) is 0 Å². The Morgan fingerprint density at radius 3 is 1.72 bits per heavy atom. The molecule has 1 heterocycles. The predicted molar refractivity (Wildman–Crippen MR) is 101 cm³/mol. The van der Waals surface area contributed by atoms with Gasteiger partial charge in [0.2, 0.25) is 12.9 Å². The molecule has 3 aromatic rings. The van der Waals surface area contributed by atoms with E-state index in [1.807, 2.05) is 6.07 Å². The minimum atomic E-state index is 0. The second-order valence-electron chi connectivity index (χ2n) is 5.86. The molecule has 4 rings (SSSR count). The standard InChI is InChI=1S/C23H19O.BrH/c1-4-10-19(11-5-1)21-16-22(20-12-6-2-7-13-20)18-24(17-21)23-14-8-3-9-15-23;/h1-17H,18H2;1H/q+1;/p-1. The Morgan fingerprint density at radius 2 is 1.12 bits per heavy atom. The molecule has 0 unspecified atom stereocenters.